The molecule has 0 amide bonds. The van der Waals surface area contributed by atoms with Crippen LogP contribution in [0.3, 0.4) is 0 Å². The Balaban J connectivity index is 2.25. The van der Waals surface area contributed by atoms with Crippen LogP contribution in [0.2, 0.25) is 0 Å². The fourth-order valence-corrected chi connectivity index (χ4v) is 1.32. The van der Waals surface area contributed by atoms with Gasteiger partial charge in [0.2, 0.25) is 0 Å². The minimum atomic E-state index is -1.14. The van der Waals surface area contributed by atoms with E-state index in [1.54, 1.807) is 0 Å². The highest BCUT2D eigenvalue weighted by atomic mass is 16.4. The molecular formula is C8H12NO2-. The van der Waals surface area contributed by atoms with E-state index >= 15 is 0 Å². The number of allylic oxidation sites excluding steroid dienone is 2. The van der Waals surface area contributed by atoms with Crippen molar-refractivity contribution >= 4 is 5.97 Å². The maximum absolute atomic E-state index is 10.2. The molecule has 11 heavy (non-hydrogen) atoms. The van der Waals surface area contributed by atoms with E-state index in [0.717, 1.165) is 12.8 Å². The smallest absolute Gasteiger partial charge is 0.0582 e. The van der Waals surface area contributed by atoms with Gasteiger partial charge in [-0.1, -0.05) is 12.2 Å². The first kappa shape index (κ1) is 8.27. The molecule has 1 aliphatic carbocycles. The largest absolute Gasteiger partial charge is 0.548 e. The minimum Gasteiger partial charge on any atom is -0.548 e. The van der Waals surface area contributed by atoms with Crippen LogP contribution in [0.1, 0.15) is 19.3 Å². The normalized spacial score (nSPS) is 20.5. The van der Waals surface area contributed by atoms with Crippen molar-refractivity contribution in [1.29, 1.82) is 0 Å². The molecule has 1 rings (SSSR count). The maximum atomic E-state index is 10.2. The average Bonchev–Trinajstić information content (AvgIpc) is 2.39. The summed E-state index contributed by atoms with van der Waals surface area (Å²) in [6.07, 6.45) is 6.58. The molecule has 0 radical (unpaired) electrons. The van der Waals surface area contributed by atoms with Gasteiger partial charge in [-0.25, -0.2) is 0 Å². The van der Waals surface area contributed by atoms with Crippen molar-refractivity contribution in [2.45, 2.75) is 25.3 Å². The Kier molecular flexibility index (Phi) is 2.65. The molecule has 0 aromatic heterocycles. The number of carbonyl (C=O) groups excluding carboxylic acids is 1. The highest BCUT2D eigenvalue weighted by Gasteiger charge is 2.14. The van der Waals surface area contributed by atoms with Gasteiger partial charge in [0.1, 0.15) is 0 Å². The van der Waals surface area contributed by atoms with Crippen LogP contribution in [0.25, 0.3) is 0 Å². The minimum absolute atomic E-state index is 0.419. The second kappa shape index (κ2) is 3.53. The van der Waals surface area contributed by atoms with Crippen molar-refractivity contribution in [1.82, 2.24) is 0 Å². The summed E-state index contributed by atoms with van der Waals surface area (Å²) < 4.78 is 0. The second-order valence-electron chi connectivity index (χ2n) is 2.97. The lowest BCUT2D eigenvalue weighted by Gasteiger charge is -2.16. The number of hydrogen-bond acceptors (Lipinski definition) is 3. The van der Waals surface area contributed by atoms with Crippen LogP contribution >= 0.6 is 0 Å². The molecule has 1 atom stereocenters. The number of hydrogen-bond donors (Lipinski definition) is 1. The van der Waals surface area contributed by atoms with E-state index in [0.29, 0.717) is 12.3 Å². The van der Waals surface area contributed by atoms with E-state index in [2.05, 4.69) is 12.2 Å². The highest BCUT2D eigenvalue weighted by Crippen LogP contribution is 2.21. The van der Waals surface area contributed by atoms with Crippen LogP contribution < -0.4 is 10.8 Å². The van der Waals surface area contributed by atoms with Crippen LogP contribution in [0.4, 0.5) is 0 Å². The molecule has 0 aromatic carbocycles. The standard InChI is InChI=1S/C8H13NO2/c9-7(8(10)11)5-6-3-1-2-4-6/h1-2,6-7H,3-5,9H2,(H,10,11)/p-1/t7-/m0/s1. The van der Waals surface area contributed by atoms with Crippen LogP contribution in [0, 0.1) is 5.92 Å². The van der Waals surface area contributed by atoms with Crippen molar-refractivity contribution in [3.8, 4) is 0 Å². The maximum Gasteiger partial charge on any atom is 0.0582 e. The van der Waals surface area contributed by atoms with E-state index in [9.17, 15) is 9.90 Å². The summed E-state index contributed by atoms with van der Waals surface area (Å²) in [5, 5.41) is 10.2. The summed E-state index contributed by atoms with van der Waals surface area (Å²) in [6.45, 7) is 0. The van der Waals surface area contributed by atoms with Gasteiger partial charge in [0, 0.05) is 6.04 Å². The molecule has 0 unspecified atom stereocenters. The second-order valence-corrected chi connectivity index (χ2v) is 2.97. The first-order valence-electron chi connectivity index (χ1n) is 3.81. The van der Waals surface area contributed by atoms with Gasteiger partial charge in [0.05, 0.1) is 5.97 Å². The SMILES string of the molecule is N[C@@H](CC1CC=CC1)C(=O)[O-]. The monoisotopic (exact) mass is 154 g/mol. The topological polar surface area (TPSA) is 66.2 Å². The number of aliphatic carboxylic acids is 1. The average molecular weight is 154 g/mol. The fraction of sp³-hybridized carbons (Fsp3) is 0.625. The number of carboxylic acid groups (broad SMARTS) is 1. The van der Waals surface area contributed by atoms with E-state index in [4.69, 9.17) is 5.73 Å². The first-order valence-corrected chi connectivity index (χ1v) is 3.81. The van der Waals surface area contributed by atoms with E-state index in [1.165, 1.54) is 0 Å². The molecule has 0 bridgehead atoms. The molecule has 0 spiro atoms. The van der Waals surface area contributed by atoms with E-state index < -0.39 is 12.0 Å². The Bertz CT molecular complexity index is 169. The van der Waals surface area contributed by atoms with Gasteiger partial charge in [-0.3, -0.25) is 0 Å². The fourth-order valence-electron chi connectivity index (χ4n) is 1.32. The third-order valence-corrected chi connectivity index (χ3v) is 2.00. The molecule has 0 saturated heterocycles. The molecule has 3 heteroatoms. The molecule has 0 fully saturated rings. The Morgan fingerprint density at radius 2 is 2.18 bits per heavy atom. The predicted octanol–water partition coefficient (Wildman–Crippen LogP) is -0.580. The Morgan fingerprint density at radius 3 is 2.64 bits per heavy atom. The van der Waals surface area contributed by atoms with Crippen molar-refractivity contribution in [2.24, 2.45) is 11.7 Å². The summed E-state index contributed by atoms with van der Waals surface area (Å²) in [5.41, 5.74) is 5.31. The van der Waals surface area contributed by atoms with Gasteiger partial charge in [0.25, 0.3) is 0 Å². The predicted molar refractivity (Wildman–Crippen MR) is 39.5 cm³/mol. The van der Waals surface area contributed by atoms with Crippen LogP contribution in [0.15, 0.2) is 12.2 Å². The van der Waals surface area contributed by atoms with Crippen molar-refractivity contribution in [3.05, 3.63) is 12.2 Å². The third-order valence-electron chi connectivity index (χ3n) is 2.00. The van der Waals surface area contributed by atoms with Gasteiger partial charge >= 0.3 is 0 Å². The summed E-state index contributed by atoms with van der Waals surface area (Å²) >= 11 is 0. The number of carboxylic acids is 1. The van der Waals surface area contributed by atoms with Crippen LogP contribution in [0.5, 0.6) is 0 Å². The number of rotatable bonds is 3. The molecule has 0 heterocycles. The summed E-state index contributed by atoms with van der Waals surface area (Å²) in [5.74, 6) is -0.722. The lowest BCUT2D eigenvalue weighted by Crippen LogP contribution is -2.42. The van der Waals surface area contributed by atoms with E-state index in [-0.39, 0.29) is 0 Å². The van der Waals surface area contributed by atoms with Gasteiger partial charge < -0.3 is 15.6 Å². The molecule has 0 aromatic rings. The molecule has 0 aliphatic heterocycles. The van der Waals surface area contributed by atoms with Crippen LogP contribution in [-0.2, 0) is 4.79 Å². The highest BCUT2D eigenvalue weighted by molar-refractivity contribution is 5.70. The third kappa shape index (κ3) is 2.35. The molecular weight excluding hydrogens is 142 g/mol. The lowest BCUT2D eigenvalue weighted by atomic mass is 9.98. The summed E-state index contributed by atoms with van der Waals surface area (Å²) in [7, 11) is 0. The quantitative estimate of drug-likeness (QED) is 0.553. The van der Waals surface area contributed by atoms with Crippen molar-refractivity contribution in [2.75, 3.05) is 0 Å². The zero-order chi connectivity index (χ0) is 8.27. The zero-order valence-electron chi connectivity index (χ0n) is 6.32. The Morgan fingerprint density at radius 1 is 1.64 bits per heavy atom. The van der Waals surface area contributed by atoms with Gasteiger partial charge in [-0.2, -0.15) is 0 Å². The number of carbonyl (C=O) groups is 1. The summed E-state index contributed by atoms with van der Waals surface area (Å²) in [4.78, 5) is 10.2. The number of nitrogens with two attached hydrogens (primary N) is 1. The molecule has 3 nitrogen and oxygen atoms in total. The summed E-state index contributed by atoms with van der Waals surface area (Å²) in [6, 6.07) is -0.792. The molecule has 2 N–H and O–H groups in total. The lowest BCUT2D eigenvalue weighted by molar-refractivity contribution is -0.307. The first-order chi connectivity index (χ1) is 5.20. The Hall–Kier alpha value is -0.830. The molecule has 0 saturated carbocycles. The van der Waals surface area contributed by atoms with Crippen molar-refractivity contribution in [3.63, 3.8) is 0 Å². The zero-order valence-corrected chi connectivity index (χ0v) is 6.32. The molecule has 1 aliphatic rings. The van der Waals surface area contributed by atoms with Gasteiger partial charge in [-0.05, 0) is 25.2 Å². The van der Waals surface area contributed by atoms with Crippen LogP contribution in [-0.4, -0.2) is 12.0 Å². The van der Waals surface area contributed by atoms with Crippen molar-refractivity contribution < 1.29 is 9.90 Å². The molecule has 62 valence electrons. The van der Waals surface area contributed by atoms with E-state index in [1.807, 2.05) is 0 Å². The van der Waals surface area contributed by atoms with Gasteiger partial charge in [0.15, 0.2) is 0 Å². The van der Waals surface area contributed by atoms with Gasteiger partial charge in [-0.15, -0.1) is 0 Å². The Labute approximate surface area is 65.9 Å².